The number of aryl methyl sites for hydroxylation is 1. The summed E-state index contributed by atoms with van der Waals surface area (Å²) in [5.41, 5.74) is 5.19. The molecule has 2 unspecified atom stereocenters. The summed E-state index contributed by atoms with van der Waals surface area (Å²) in [5, 5.41) is 13.7. The van der Waals surface area contributed by atoms with E-state index < -0.39 is 12.0 Å². The van der Waals surface area contributed by atoms with Crippen LogP contribution in [0.4, 0.5) is 5.69 Å². The van der Waals surface area contributed by atoms with E-state index in [1.807, 2.05) is 62.4 Å². The Kier molecular flexibility index (Phi) is 7.67. The highest BCUT2D eigenvalue weighted by Crippen LogP contribution is 2.30. The third-order valence-corrected chi connectivity index (χ3v) is 6.48. The molecule has 0 aliphatic heterocycles. The van der Waals surface area contributed by atoms with Crippen molar-refractivity contribution in [2.45, 2.75) is 32.9 Å². The number of anilines is 1. The van der Waals surface area contributed by atoms with Gasteiger partial charge in [0.05, 0.1) is 10.0 Å². The van der Waals surface area contributed by atoms with Gasteiger partial charge >= 0.3 is 5.97 Å². The lowest BCUT2D eigenvalue weighted by molar-refractivity contribution is -0.141. The van der Waals surface area contributed by atoms with Crippen LogP contribution in [0.25, 0.3) is 11.1 Å². The molecule has 3 aromatic carbocycles. The number of likely N-dealkylation sites (N-methyl/N-ethyl adjacent to an activating group) is 1. The first-order chi connectivity index (χ1) is 15.6. The Morgan fingerprint density at radius 3 is 2.27 bits per heavy atom. The molecular formula is C26H26Cl2N2O3. The smallest absolute Gasteiger partial charge is 0.326 e. The van der Waals surface area contributed by atoms with E-state index in [0.717, 1.165) is 27.9 Å². The molecule has 1 amide bonds. The molecule has 172 valence electrons. The molecule has 0 aromatic heterocycles. The van der Waals surface area contributed by atoms with Gasteiger partial charge in [-0.1, -0.05) is 53.5 Å². The number of aliphatic carboxylic acids is 1. The number of carbonyl (C=O) groups is 2. The van der Waals surface area contributed by atoms with Crippen molar-refractivity contribution < 1.29 is 14.7 Å². The van der Waals surface area contributed by atoms with Crippen molar-refractivity contribution in [3.8, 4) is 11.1 Å². The Balaban J connectivity index is 1.81. The first-order valence-corrected chi connectivity index (χ1v) is 11.3. The van der Waals surface area contributed by atoms with E-state index in [9.17, 15) is 14.7 Å². The van der Waals surface area contributed by atoms with E-state index in [1.54, 1.807) is 12.1 Å². The van der Waals surface area contributed by atoms with Crippen LogP contribution < -0.4 is 5.32 Å². The average molecular weight is 485 g/mol. The van der Waals surface area contributed by atoms with Crippen LogP contribution in [-0.2, 0) is 4.79 Å². The molecule has 5 nitrogen and oxygen atoms in total. The van der Waals surface area contributed by atoms with E-state index >= 15 is 0 Å². The third kappa shape index (κ3) is 5.67. The van der Waals surface area contributed by atoms with E-state index in [4.69, 9.17) is 23.2 Å². The molecule has 33 heavy (non-hydrogen) atoms. The summed E-state index contributed by atoms with van der Waals surface area (Å²) in [7, 11) is 1.50. The molecular weight excluding hydrogens is 459 g/mol. The summed E-state index contributed by atoms with van der Waals surface area (Å²) >= 11 is 12.2. The van der Waals surface area contributed by atoms with Crippen LogP contribution in [0, 0.1) is 6.92 Å². The van der Waals surface area contributed by atoms with Gasteiger partial charge in [-0.25, -0.2) is 4.79 Å². The van der Waals surface area contributed by atoms with Crippen LogP contribution in [0.3, 0.4) is 0 Å². The Bertz CT molecular complexity index is 1200. The first-order valence-electron chi connectivity index (χ1n) is 10.5. The molecule has 0 saturated heterocycles. The average Bonchev–Trinajstić information content (AvgIpc) is 2.79. The normalized spacial score (nSPS) is 12.7. The lowest BCUT2D eigenvalue weighted by atomic mass is 9.98. The van der Waals surface area contributed by atoms with Gasteiger partial charge in [0.15, 0.2) is 0 Å². The number of carboxylic acids is 1. The van der Waals surface area contributed by atoms with Crippen molar-refractivity contribution in [2.24, 2.45) is 0 Å². The van der Waals surface area contributed by atoms with Crippen molar-refractivity contribution in [3.05, 3.63) is 87.4 Å². The molecule has 0 fully saturated rings. The zero-order valence-electron chi connectivity index (χ0n) is 18.9. The number of benzene rings is 3. The SMILES string of the molecule is Cc1cc(-c2cccc(NC(C)c3ccc(Cl)c(Cl)c3)c2)ccc1C(=O)N(C)C(C)C(=O)O. The zero-order valence-corrected chi connectivity index (χ0v) is 20.4. The zero-order chi connectivity index (χ0) is 24.3. The summed E-state index contributed by atoms with van der Waals surface area (Å²) in [6, 6.07) is 18.3. The van der Waals surface area contributed by atoms with E-state index in [0.29, 0.717) is 15.6 Å². The molecule has 2 atom stereocenters. The van der Waals surface area contributed by atoms with Crippen molar-refractivity contribution in [2.75, 3.05) is 12.4 Å². The lowest BCUT2D eigenvalue weighted by Crippen LogP contribution is -2.40. The van der Waals surface area contributed by atoms with E-state index in [1.165, 1.54) is 18.9 Å². The number of nitrogens with one attached hydrogen (secondary N) is 1. The first kappa shape index (κ1) is 24.6. The fraction of sp³-hybridized carbons (Fsp3) is 0.231. The van der Waals surface area contributed by atoms with Crippen molar-refractivity contribution in [3.63, 3.8) is 0 Å². The van der Waals surface area contributed by atoms with E-state index in [2.05, 4.69) is 5.32 Å². The van der Waals surface area contributed by atoms with Gasteiger partial charge in [-0.05, 0) is 73.4 Å². The van der Waals surface area contributed by atoms with Crippen LogP contribution in [0.5, 0.6) is 0 Å². The molecule has 0 heterocycles. The quantitative estimate of drug-likeness (QED) is 0.391. The Morgan fingerprint density at radius 2 is 1.64 bits per heavy atom. The topological polar surface area (TPSA) is 69.6 Å². The molecule has 3 aromatic rings. The summed E-state index contributed by atoms with van der Waals surface area (Å²) in [6.07, 6.45) is 0. The van der Waals surface area contributed by atoms with Gasteiger partial charge in [0, 0.05) is 24.3 Å². The van der Waals surface area contributed by atoms with Gasteiger partial charge in [-0.2, -0.15) is 0 Å². The number of hydrogen-bond donors (Lipinski definition) is 2. The Hall–Kier alpha value is -3.02. The van der Waals surface area contributed by atoms with Crippen LogP contribution in [-0.4, -0.2) is 35.0 Å². The minimum absolute atomic E-state index is 0.0171. The number of carboxylic acid groups (broad SMARTS) is 1. The maximum Gasteiger partial charge on any atom is 0.326 e. The van der Waals surface area contributed by atoms with E-state index in [-0.39, 0.29) is 11.9 Å². The number of hydrogen-bond acceptors (Lipinski definition) is 3. The second kappa shape index (κ2) is 10.3. The molecule has 0 aliphatic carbocycles. The van der Waals surface area contributed by atoms with Crippen molar-refractivity contribution >= 4 is 40.8 Å². The molecule has 7 heteroatoms. The minimum Gasteiger partial charge on any atom is -0.480 e. The fourth-order valence-corrected chi connectivity index (χ4v) is 3.82. The number of amides is 1. The lowest BCUT2D eigenvalue weighted by Gasteiger charge is -2.22. The van der Waals surface area contributed by atoms with Crippen LogP contribution in [0.2, 0.25) is 10.0 Å². The summed E-state index contributed by atoms with van der Waals surface area (Å²) in [5.74, 6) is -1.36. The van der Waals surface area contributed by atoms with Gasteiger partial charge < -0.3 is 15.3 Å². The second-order valence-electron chi connectivity index (χ2n) is 8.08. The number of halogens is 2. The summed E-state index contributed by atoms with van der Waals surface area (Å²) < 4.78 is 0. The molecule has 0 radical (unpaired) electrons. The summed E-state index contributed by atoms with van der Waals surface area (Å²) in [4.78, 5) is 25.2. The Morgan fingerprint density at radius 1 is 0.939 bits per heavy atom. The predicted molar refractivity (Wildman–Crippen MR) is 134 cm³/mol. The molecule has 0 aliphatic rings. The molecule has 2 N–H and O–H groups in total. The number of nitrogens with zero attached hydrogens (tertiary/aromatic N) is 1. The highest BCUT2D eigenvalue weighted by Gasteiger charge is 2.23. The highest BCUT2D eigenvalue weighted by molar-refractivity contribution is 6.42. The maximum atomic E-state index is 12.7. The molecule has 0 saturated carbocycles. The number of carbonyl (C=O) groups excluding carboxylic acids is 1. The predicted octanol–water partition coefficient (Wildman–Crippen LogP) is 6.69. The van der Waals surface area contributed by atoms with Gasteiger partial charge in [0.2, 0.25) is 0 Å². The van der Waals surface area contributed by atoms with Crippen molar-refractivity contribution in [1.82, 2.24) is 4.90 Å². The van der Waals surface area contributed by atoms with Gasteiger partial charge in [0.25, 0.3) is 5.91 Å². The molecule has 0 bridgehead atoms. The Labute approximate surface area is 203 Å². The molecule has 0 spiro atoms. The number of rotatable bonds is 7. The van der Waals surface area contributed by atoms with Crippen molar-refractivity contribution in [1.29, 1.82) is 0 Å². The monoisotopic (exact) mass is 484 g/mol. The standard InChI is InChI=1S/C26H26Cl2N2O3/c1-15-12-20(8-10-22(15)25(31)30(4)17(3)26(32)33)19-6-5-7-21(13-19)29-16(2)18-9-11-23(27)24(28)14-18/h5-14,16-17,29H,1-4H3,(H,32,33). The van der Waals surface area contributed by atoms with Gasteiger partial charge in [-0.3, -0.25) is 4.79 Å². The summed E-state index contributed by atoms with van der Waals surface area (Å²) in [6.45, 7) is 5.39. The highest BCUT2D eigenvalue weighted by atomic mass is 35.5. The molecule has 3 rings (SSSR count). The maximum absolute atomic E-state index is 12.7. The van der Waals surface area contributed by atoms with Crippen LogP contribution in [0.15, 0.2) is 60.7 Å². The van der Waals surface area contributed by atoms with Crippen LogP contribution >= 0.6 is 23.2 Å². The largest absolute Gasteiger partial charge is 0.480 e. The third-order valence-electron chi connectivity index (χ3n) is 5.74. The second-order valence-corrected chi connectivity index (χ2v) is 8.89. The van der Waals surface area contributed by atoms with Gasteiger partial charge in [0.1, 0.15) is 6.04 Å². The fourth-order valence-electron chi connectivity index (χ4n) is 3.52. The van der Waals surface area contributed by atoms with Crippen LogP contribution in [0.1, 0.15) is 41.4 Å². The van der Waals surface area contributed by atoms with Gasteiger partial charge in [-0.15, -0.1) is 0 Å². The minimum atomic E-state index is -1.04.